The van der Waals surface area contributed by atoms with Crippen molar-refractivity contribution in [1.82, 2.24) is 9.59 Å². The maximum Gasteiger partial charge on any atom is 0.0804 e. The fourth-order valence-electron chi connectivity index (χ4n) is 1.28. The van der Waals surface area contributed by atoms with Gasteiger partial charge in [0.25, 0.3) is 0 Å². The zero-order valence-corrected chi connectivity index (χ0v) is 10.4. The second-order valence-electron chi connectivity index (χ2n) is 3.82. The molecule has 0 radical (unpaired) electrons. The lowest BCUT2D eigenvalue weighted by Crippen LogP contribution is -2.19. The number of hydrogen-bond donors (Lipinski definition) is 1. The average Bonchev–Trinajstić information content (AvgIpc) is 2.63. The van der Waals surface area contributed by atoms with Crippen LogP contribution in [0.5, 0.6) is 0 Å². The molecule has 0 saturated heterocycles. The molecule has 0 aromatic carbocycles. The summed E-state index contributed by atoms with van der Waals surface area (Å²) in [7, 11) is 0. The van der Waals surface area contributed by atoms with E-state index in [0.717, 1.165) is 23.4 Å². The van der Waals surface area contributed by atoms with Crippen molar-refractivity contribution in [2.45, 2.75) is 45.8 Å². The highest BCUT2D eigenvalue weighted by atomic mass is 32.1. The number of ether oxygens (including phenoxy) is 1. The number of nitrogens with zero attached hydrogens (tertiary/aromatic N) is 2. The Morgan fingerprint density at radius 1 is 1.47 bits per heavy atom. The Labute approximate surface area is 95.0 Å². The van der Waals surface area contributed by atoms with Crippen molar-refractivity contribution >= 4 is 11.5 Å². The number of rotatable bonds is 6. The van der Waals surface area contributed by atoms with E-state index in [1.54, 1.807) is 0 Å². The molecular formula is C10H19N3OS. The van der Waals surface area contributed by atoms with E-state index in [1.807, 2.05) is 13.8 Å². The van der Waals surface area contributed by atoms with Crippen molar-refractivity contribution in [1.29, 1.82) is 0 Å². The van der Waals surface area contributed by atoms with Gasteiger partial charge in [-0.2, -0.15) is 0 Å². The average molecular weight is 229 g/mol. The summed E-state index contributed by atoms with van der Waals surface area (Å²) >= 11 is 1.38. The molecule has 0 aliphatic heterocycles. The molecule has 0 aliphatic rings. The van der Waals surface area contributed by atoms with Gasteiger partial charge >= 0.3 is 0 Å². The molecule has 0 spiro atoms. The Kier molecular flexibility index (Phi) is 5.14. The van der Waals surface area contributed by atoms with Crippen LogP contribution in [0.2, 0.25) is 0 Å². The summed E-state index contributed by atoms with van der Waals surface area (Å²) in [6.07, 6.45) is 2.23. The van der Waals surface area contributed by atoms with Gasteiger partial charge in [-0.15, -0.1) is 5.10 Å². The van der Waals surface area contributed by atoms with Crippen LogP contribution >= 0.6 is 11.5 Å². The summed E-state index contributed by atoms with van der Waals surface area (Å²) in [5, 5.41) is 4.09. The van der Waals surface area contributed by atoms with E-state index in [4.69, 9.17) is 10.5 Å². The lowest BCUT2D eigenvalue weighted by Gasteiger charge is -2.13. The van der Waals surface area contributed by atoms with Crippen molar-refractivity contribution in [3.63, 3.8) is 0 Å². The molecule has 15 heavy (non-hydrogen) atoms. The first-order valence-electron chi connectivity index (χ1n) is 5.33. The number of aryl methyl sites for hydroxylation is 1. The summed E-state index contributed by atoms with van der Waals surface area (Å²) in [5.74, 6) is 0. The van der Waals surface area contributed by atoms with Crippen LogP contribution in [0, 0.1) is 0 Å². The van der Waals surface area contributed by atoms with Crippen LogP contribution in [0.1, 0.15) is 43.8 Å². The van der Waals surface area contributed by atoms with E-state index in [1.165, 1.54) is 11.5 Å². The van der Waals surface area contributed by atoms with Crippen molar-refractivity contribution < 1.29 is 4.74 Å². The van der Waals surface area contributed by atoms with Crippen LogP contribution < -0.4 is 5.73 Å². The SMILES string of the molecule is CCCc1nnsc1C(N)COC(C)C. The summed E-state index contributed by atoms with van der Waals surface area (Å²) < 4.78 is 9.43. The van der Waals surface area contributed by atoms with E-state index in [9.17, 15) is 0 Å². The van der Waals surface area contributed by atoms with E-state index < -0.39 is 0 Å². The molecule has 86 valence electrons. The van der Waals surface area contributed by atoms with E-state index >= 15 is 0 Å². The molecule has 5 heteroatoms. The molecular weight excluding hydrogens is 210 g/mol. The third kappa shape index (κ3) is 3.85. The minimum absolute atomic E-state index is 0.0889. The van der Waals surface area contributed by atoms with Crippen molar-refractivity contribution in [2.24, 2.45) is 5.73 Å². The summed E-state index contributed by atoms with van der Waals surface area (Å²) in [6.45, 7) is 6.67. The van der Waals surface area contributed by atoms with Gasteiger partial charge in [-0.1, -0.05) is 17.8 Å². The van der Waals surface area contributed by atoms with Gasteiger partial charge in [-0.3, -0.25) is 0 Å². The number of aromatic nitrogens is 2. The monoisotopic (exact) mass is 229 g/mol. The third-order valence-electron chi connectivity index (χ3n) is 2.02. The fourth-order valence-corrected chi connectivity index (χ4v) is 1.96. The van der Waals surface area contributed by atoms with Crippen molar-refractivity contribution in [3.05, 3.63) is 10.6 Å². The largest absolute Gasteiger partial charge is 0.377 e. The predicted octanol–water partition coefficient (Wildman–Crippen LogP) is 1.92. The summed E-state index contributed by atoms with van der Waals surface area (Å²) in [6, 6.07) is -0.0889. The lowest BCUT2D eigenvalue weighted by molar-refractivity contribution is 0.0687. The van der Waals surface area contributed by atoms with Gasteiger partial charge in [-0.25, -0.2) is 0 Å². The van der Waals surface area contributed by atoms with Gasteiger partial charge in [0.2, 0.25) is 0 Å². The van der Waals surface area contributed by atoms with Gasteiger partial charge < -0.3 is 10.5 Å². The molecule has 0 amide bonds. The molecule has 0 bridgehead atoms. The Morgan fingerprint density at radius 2 is 2.20 bits per heavy atom. The zero-order valence-electron chi connectivity index (χ0n) is 9.56. The molecule has 1 heterocycles. The fraction of sp³-hybridized carbons (Fsp3) is 0.800. The van der Waals surface area contributed by atoms with E-state index in [0.29, 0.717) is 6.61 Å². The maximum atomic E-state index is 6.02. The third-order valence-corrected chi connectivity index (χ3v) is 2.92. The molecule has 1 aromatic heterocycles. The molecule has 1 atom stereocenters. The predicted molar refractivity (Wildman–Crippen MR) is 61.9 cm³/mol. The first-order chi connectivity index (χ1) is 7.15. The molecule has 1 rings (SSSR count). The Balaban J connectivity index is 2.56. The zero-order chi connectivity index (χ0) is 11.3. The highest BCUT2D eigenvalue weighted by Crippen LogP contribution is 2.20. The Hall–Kier alpha value is -0.520. The first kappa shape index (κ1) is 12.5. The van der Waals surface area contributed by atoms with Gasteiger partial charge in [0.05, 0.1) is 29.3 Å². The second kappa shape index (κ2) is 6.15. The van der Waals surface area contributed by atoms with Crippen LogP contribution in [0.4, 0.5) is 0 Å². The van der Waals surface area contributed by atoms with Crippen LogP contribution in [0.3, 0.4) is 0 Å². The molecule has 1 aromatic rings. The molecule has 4 nitrogen and oxygen atoms in total. The molecule has 0 saturated carbocycles. The number of nitrogens with two attached hydrogens (primary N) is 1. The van der Waals surface area contributed by atoms with Gasteiger partial charge in [0.15, 0.2) is 0 Å². The Morgan fingerprint density at radius 3 is 2.80 bits per heavy atom. The normalized spacial score (nSPS) is 13.4. The standard InChI is InChI=1S/C10H19N3OS/c1-4-5-9-10(15-13-12-9)8(11)6-14-7(2)3/h7-8H,4-6,11H2,1-3H3. The quantitative estimate of drug-likeness (QED) is 0.809. The van der Waals surface area contributed by atoms with Crippen molar-refractivity contribution in [3.8, 4) is 0 Å². The minimum atomic E-state index is -0.0889. The lowest BCUT2D eigenvalue weighted by atomic mass is 10.1. The molecule has 0 aliphatic carbocycles. The summed E-state index contributed by atoms with van der Waals surface area (Å²) in [5.41, 5.74) is 7.05. The topological polar surface area (TPSA) is 61.0 Å². The molecule has 0 fully saturated rings. The van der Waals surface area contributed by atoms with Crippen LogP contribution in [-0.4, -0.2) is 22.3 Å². The van der Waals surface area contributed by atoms with Gasteiger partial charge in [-0.05, 0) is 31.8 Å². The van der Waals surface area contributed by atoms with Crippen molar-refractivity contribution in [2.75, 3.05) is 6.61 Å². The van der Waals surface area contributed by atoms with Gasteiger partial charge in [0.1, 0.15) is 0 Å². The van der Waals surface area contributed by atoms with Crippen LogP contribution in [0.15, 0.2) is 0 Å². The Bertz CT molecular complexity index is 288. The molecule has 2 N–H and O–H groups in total. The van der Waals surface area contributed by atoms with Crippen LogP contribution in [-0.2, 0) is 11.2 Å². The van der Waals surface area contributed by atoms with E-state index in [2.05, 4.69) is 16.5 Å². The first-order valence-corrected chi connectivity index (χ1v) is 6.10. The highest BCUT2D eigenvalue weighted by Gasteiger charge is 2.15. The maximum absolute atomic E-state index is 6.02. The van der Waals surface area contributed by atoms with Gasteiger partial charge in [0, 0.05) is 0 Å². The highest BCUT2D eigenvalue weighted by molar-refractivity contribution is 7.05. The number of hydrogen-bond acceptors (Lipinski definition) is 5. The smallest absolute Gasteiger partial charge is 0.0804 e. The minimum Gasteiger partial charge on any atom is -0.377 e. The molecule has 1 unspecified atom stereocenters. The van der Waals surface area contributed by atoms with E-state index in [-0.39, 0.29) is 12.1 Å². The van der Waals surface area contributed by atoms with Crippen LogP contribution in [0.25, 0.3) is 0 Å². The second-order valence-corrected chi connectivity index (χ2v) is 4.61. The summed E-state index contributed by atoms with van der Waals surface area (Å²) in [4.78, 5) is 1.07.